The Labute approximate surface area is 91.0 Å². The van der Waals surface area contributed by atoms with Gasteiger partial charge in [-0.25, -0.2) is 8.78 Å². The van der Waals surface area contributed by atoms with Gasteiger partial charge in [0.15, 0.2) is 5.82 Å². The maximum absolute atomic E-state index is 13.4. The van der Waals surface area contributed by atoms with Crippen LogP contribution < -0.4 is 5.73 Å². The summed E-state index contributed by atoms with van der Waals surface area (Å²) in [6.45, 7) is 0. The minimum Gasteiger partial charge on any atom is -0.506 e. The van der Waals surface area contributed by atoms with E-state index in [9.17, 15) is 13.9 Å². The molecule has 0 aromatic heterocycles. The molecule has 2 nitrogen and oxygen atoms in total. The van der Waals surface area contributed by atoms with Gasteiger partial charge in [-0.1, -0.05) is 18.2 Å². The average Bonchev–Trinajstić information content (AvgIpc) is 2.26. The molecule has 0 radical (unpaired) electrons. The first kappa shape index (κ1) is 10.4. The van der Waals surface area contributed by atoms with Crippen molar-refractivity contribution in [1.29, 1.82) is 0 Å². The number of halogens is 2. The molecule has 0 aliphatic rings. The summed E-state index contributed by atoms with van der Waals surface area (Å²) in [7, 11) is 0. The SMILES string of the molecule is Nc1c(O)cc(-c2ccccc2F)cc1F. The lowest BCUT2D eigenvalue weighted by molar-refractivity contribution is 0.473. The smallest absolute Gasteiger partial charge is 0.150 e. The number of phenols is 1. The number of rotatable bonds is 1. The van der Waals surface area contributed by atoms with Crippen molar-refractivity contribution >= 4 is 5.69 Å². The Hall–Kier alpha value is -2.10. The highest BCUT2D eigenvalue weighted by molar-refractivity contribution is 5.70. The van der Waals surface area contributed by atoms with Gasteiger partial charge in [0, 0.05) is 5.56 Å². The number of phenolic OH excluding ortho intramolecular Hbond substituents is 1. The Balaban J connectivity index is 2.62. The Bertz CT molecular complexity index is 517. The Morgan fingerprint density at radius 1 is 1.00 bits per heavy atom. The van der Waals surface area contributed by atoms with Crippen LogP contribution in [-0.4, -0.2) is 5.11 Å². The molecule has 0 amide bonds. The largest absolute Gasteiger partial charge is 0.506 e. The Kier molecular flexibility index (Phi) is 2.48. The van der Waals surface area contributed by atoms with E-state index >= 15 is 0 Å². The first-order valence-corrected chi connectivity index (χ1v) is 4.62. The van der Waals surface area contributed by atoms with E-state index < -0.39 is 17.4 Å². The van der Waals surface area contributed by atoms with E-state index in [-0.39, 0.29) is 16.8 Å². The third-order valence-corrected chi connectivity index (χ3v) is 2.29. The molecule has 0 atom stereocenters. The predicted octanol–water partition coefficient (Wildman–Crippen LogP) is 2.92. The molecule has 82 valence electrons. The zero-order chi connectivity index (χ0) is 11.7. The van der Waals surface area contributed by atoms with Gasteiger partial charge >= 0.3 is 0 Å². The first-order chi connectivity index (χ1) is 7.59. The van der Waals surface area contributed by atoms with Gasteiger partial charge in [-0.15, -0.1) is 0 Å². The molecule has 0 aliphatic carbocycles. The van der Waals surface area contributed by atoms with E-state index in [1.807, 2.05) is 0 Å². The number of anilines is 1. The maximum atomic E-state index is 13.4. The predicted molar refractivity (Wildman–Crippen MR) is 57.9 cm³/mol. The Morgan fingerprint density at radius 3 is 2.31 bits per heavy atom. The van der Waals surface area contributed by atoms with Crippen molar-refractivity contribution in [2.24, 2.45) is 0 Å². The van der Waals surface area contributed by atoms with Gasteiger partial charge in [0.25, 0.3) is 0 Å². The van der Waals surface area contributed by atoms with E-state index in [4.69, 9.17) is 5.73 Å². The molecular weight excluding hydrogens is 212 g/mol. The second kappa shape index (κ2) is 3.81. The van der Waals surface area contributed by atoms with E-state index in [1.54, 1.807) is 6.07 Å². The van der Waals surface area contributed by atoms with Crippen LogP contribution in [0.1, 0.15) is 0 Å². The summed E-state index contributed by atoms with van der Waals surface area (Å²) in [4.78, 5) is 0. The molecule has 0 spiro atoms. The van der Waals surface area contributed by atoms with Crippen LogP contribution in [0, 0.1) is 11.6 Å². The molecule has 4 heteroatoms. The summed E-state index contributed by atoms with van der Waals surface area (Å²) in [5.41, 5.74) is 5.39. The monoisotopic (exact) mass is 221 g/mol. The number of nitrogen functional groups attached to an aromatic ring is 1. The van der Waals surface area contributed by atoms with Crippen molar-refractivity contribution in [1.82, 2.24) is 0 Å². The highest BCUT2D eigenvalue weighted by Crippen LogP contribution is 2.31. The van der Waals surface area contributed by atoms with Crippen LogP contribution >= 0.6 is 0 Å². The van der Waals surface area contributed by atoms with Crippen LogP contribution in [0.25, 0.3) is 11.1 Å². The van der Waals surface area contributed by atoms with Crippen molar-refractivity contribution in [2.45, 2.75) is 0 Å². The number of benzene rings is 2. The van der Waals surface area contributed by atoms with E-state index in [0.29, 0.717) is 0 Å². The van der Waals surface area contributed by atoms with Crippen LogP contribution in [0.4, 0.5) is 14.5 Å². The number of hydrogen-bond acceptors (Lipinski definition) is 2. The number of hydrogen-bond donors (Lipinski definition) is 2. The third-order valence-electron chi connectivity index (χ3n) is 2.29. The third kappa shape index (κ3) is 1.69. The molecule has 0 aliphatic heterocycles. The van der Waals surface area contributed by atoms with Crippen LogP contribution in [0.3, 0.4) is 0 Å². The van der Waals surface area contributed by atoms with Gasteiger partial charge in [-0.2, -0.15) is 0 Å². The fraction of sp³-hybridized carbons (Fsp3) is 0. The van der Waals surface area contributed by atoms with Crippen LogP contribution in [0.2, 0.25) is 0 Å². The quantitative estimate of drug-likeness (QED) is 0.574. The summed E-state index contributed by atoms with van der Waals surface area (Å²) in [6.07, 6.45) is 0. The molecule has 0 saturated carbocycles. The topological polar surface area (TPSA) is 46.2 Å². The maximum Gasteiger partial charge on any atom is 0.150 e. The molecule has 0 fully saturated rings. The molecule has 0 heterocycles. The summed E-state index contributed by atoms with van der Waals surface area (Å²) in [6, 6.07) is 8.25. The fourth-order valence-electron chi connectivity index (χ4n) is 1.45. The minimum absolute atomic E-state index is 0.219. The first-order valence-electron chi connectivity index (χ1n) is 4.62. The lowest BCUT2D eigenvalue weighted by Gasteiger charge is -2.06. The van der Waals surface area contributed by atoms with Crippen LogP contribution in [0.15, 0.2) is 36.4 Å². The van der Waals surface area contributed by atoms with E-state index in [0.717, 1.165) is 6.07 Å². The molecule has 0 unspecified atom stereocenters. The van der Waals surface area contributed by atoms with Crippen molar-refractivity contribution < 1.29 is 13.9 Å². The summed E-state index contributed by atoms with van der Waals surface area (Å²) in [5, 5.41) is 9.35. The van der Waals surface area contributed by atoms with Gasteiger partial charge < -0.3 is 10.8 Å². The molecular formula is C12H9F2NO. The summed E-state index contributed by atoms with van der Waals surface area (Å²) >= 11 is 0. The van der Waals surface area contributed by atoms with E-state index in [2.05, 4.69) is 0 Å². The van der Waals surface area contributed by atoms with Crippen LogP contribution in [-0.2, 0) is 0 Å². The van der Waals surface area contributed by atoms with Crippen molar-refractivity contribution in [2.75, 3.05) is 5.73 Å². The second-order valence-electron chi connectivity index (χ2n) is 3.37. The molecule has 3 N–H and O–H groups in total. The number of nitrogens with two attached hydrogens (primary N) is 1. The fourth-order valence-corrected chi connectivity index (χ4v) is 1.45. The Morgan fingerprint density at radius 2 is 1.69 bits per heavy atom. The molecule has 2 aromatic rings. The van der Waals surface area contributed by atoms with Gasteiger partial charge in [0.2, 0.25) is 0 Å². The van der Waals surface area contributed by atoms with Gasteiger partial charge in [0.05, 0.1) is 0 Å². The van der Waals surface area contributed by atoms with Crippen LogP contribution in [0.5, 0.6) is 5.75 Å². The molecule has 0 bridgehead atoms. The minimum atomic E-state index is -0.766. The zero-order valence-corrected chi connectivity index (χ0v) is 8.24. The van der Waals surface area contributed by atoms with Gasteiger partial charge in [-0.3, -0.25) is 0 Å². The second-order valence-corrected chi connectivity index (χ2v) is 3.37. The molecule has 2 aromatic carbocycles. The lowest BCUT2D eigenvalue weighted by Crippen LogP contribution is -1.93. The highest BCUT2D eigenvalue weighted by Gasteiger charge is 2.10. The summed E-state index contributed by atoms with van der Waals surface area (Å²) < 4.78 is 26.7. The van der Waals surface area contributed by atoms with Gasteiger partial charge in [-0.05, 0) is 23.8 Å². The molecule has 2 rings (SSSR count). The normalized spacial score (nSPS) is 10.4. The van der Waals surface area contributed by atoms with E-state index in [1.165, 1.54) is 24.3 Å². The zero-order valence-electron chi connectivity index (χ0n) is 8.24. The molecule has 16 heavy (non-hydrogen) atoms. The standard InChI is InChI=1S/C12H9F2NO/c13-9-4-2-1-3-8(9)7-5-10(14)12(15)11(16)6-7/h1-6,16H,15H2. The van der Waals surface area contributed by atoms with Crippen molar-refractivity contribution in [3.63, 3.8) is 0 Å². The number of aromatic hydroxyl groups is 1. The molecule has 0 saturated heterocycles. The van der Waals surface area contributed by atoms with Gasteiger partial charge in [0.1, 0.15) is 17.3 Å². The lowest BCUT2D eigenvalue weighted by atomic mass is 10.0. The average molecular weight is 221 g/mol. The highest BCUT2D eigenvalue weighted by atomic mass is 19.1. The van der Waals surface area contributed by atoms with Crippen molar-refractivity contribution in [3.8, 4) is 16.9 Å². The van der Waals surface area contributed by atoms with Crippen molar-refractivity contribution in [3.05, 3.63) is 48.0 Å². The summed E-state index contributed by atoms with van der Waals surface area (Å²) in [5.74, 6) is -1.64.